The van der Waals surface area contributed by atoms with Gasteiger partial charge in [0.25, 0.3) is 5.91 Å². The molecule has 0 aliphatic carbocycles. The Balaban J connectivity index is 2.03. The predicted octanol–water partition coefficient (Wildman–Crippen LogP) is 1.52. The molecule has 108 valence electrons. The van der Waals surface area contributed by atoms with Crippen molar-refractivity contribution < 1.29 is 9.59 Å². The molecule has 3 rings (SSSR count). The number of hydrogen-bond donors (Lipinski definition) is 1. The summed E-state index contributed by atoms with van der Waals surface area (Å²) in [5.41, 5.74) is 1.53. The fraction of sp³-hybridized carbons (Fsp3) is 0.267. The molecule has 1 atom stereocenters. The standard InChI is InChI=1S/C15H15N3O2S/c1-15(11-5-3-2-4-6-11)14(20)17-8-13(19)18(15)9-12-7-16-10-21-12/h2-7,10H,8-9H2,1H3,(H,17,20). The Hall–Kier alpha value is -2.21. The molecule has 2 amide bonds. The molecule has 21 heavy (non-hydrogen) atoms. The monoisotopic (exact) mass is 301 g/mol. The van der Waals surface area contributed by atoms with Crippen LogP contribution in [0.2, 0.25) is 0 Å². The lowest BCUT2D eigenvalue weighted by molar-refractivity contribution is -0.154. The minimum absolute atomic E-state index is 0.0417. The van der Waals surface area contributed by atoms with Crippen LogP contribution < -0.4 is 5.32 Å². The molecule has 0 bridgehead atoms. The van der Waals surface area contributed by atoms with E-state index in [1.54, 1.807) is 23.5 Å². The lowest BCUT2D eigenvalue weighted by Crippen LogP contribution is -2.63. The van der Waals surface area contributed by atoms with Crippen LogP contribution in [0.4, 0.5) is 0 Å². The van der Waals surface area contributed by atoms with Gasteiger partial charge >= 0.3 is 0 Å². The van der Waals surface area contributed by atoms with Gasteiger partial charge in [-0.2, -0.15) is 0 Å². The third-order valence-electron chi connectivity index (χ3n) is 3.82. The van der Waals surface area contributed by atoms with Gasteiger partial charge in [0.15, 0.2) is 0 Å². The Morgan fingerprint density at radius 2 is 2.10 bits per heavy atom. The number of aromatic nitrogens is 1. The molecular weight excluding hydrogens is 286 g/mol. The molecule has 1 unspecified atom stereocenters. The topological polar surface area (TPSA) is 62.3 Å². The smallest absolute Gasteiger partial charge is 0.250 e. The normalized spacial score (nSPS) is 22.2. The second-order valence-electron chi connectivity index (χ2n) is 5.07. The van der Waals surface area contributed by atoms with Crippen LogP contribution in [0.5, 0.6) is 0 Å². The zero-order valence-electron chi connectivity index (χ0n) is 11.6. The highest BCUT2D eigenvalue weighted by Gasteiger charge is 2.46. The van der Waals surface area contributed by atoms with Crippen molar-refractivity contribution in [1.29, 1.82) is 0 Å². The summed E-state index contributed by atoms with van der Waals surface area (Å²) in [5, 5.41) is 2.69. The van der Waals surface area contributed by atoms with Crippen LogP contribution >= 0.6 is 11.3 Å². The summed E-state index contributed by atoms with van der Waals surface area (Å²) in [7, 11) is 0. The van der Waals surface area contributed by atoms with E-state index in [0.29, 0.717) is 6.54 Å². The summed E-state index contributed by atoms with van der Waals surface area (Å²) in [5.74, 6) is -0.243. The van der Waals surface area contributed by atoms with Crippen LogP contribution in [0, 0.1) is 0 Å². The van der Waals surface area contributed by atoms with E-state index in [0.717, 1.165) is 10.4 Å². The van der Waals surface area contributed by atoms with Gasteiger partial charge in [0, 0.05) is 11.1 Å². The molecule has 5 nitrogen and oxygen atoms in total. The molecule has 2 heterocycles. The highest BCUT2D eigenvalue weighted by Crippen LogP contribution is 2.32. The van der Waals surface area contributed by atoms with Gasteiger partial charge in [-0.05, 0) is 12.5 Å². The van der Waals surface area contributed by atoms with Crippen molar-refractivity contribution >= 4 is 23.2 Å². The summed E-state index contributed by atoms with van der Waals surface area (Å²) in [6.45, 7) is 2.22. The van der Waals surface area contributed by atoms with Crippen molar-refractivity contribution in [1.82, 2.24) is 15.2 Å². The molecule has 0 radical (unpaired) electrons. The molecule has 0 spiro atoms. The Bertz CT molecular complexity index is 657. The number of carbonyl (C=O) groups is 2. The molecule has 0 saturated carbocycles. The maximum atomic E-state index is 12.5. The van der Waals surface area contributed by atoms with E-state index in [2.05, 4.69) is 10.3 Å². The molecule has 1 N–H and O–H groups in total. The Morgan fingerprint density at radius 3 is 2.76 bits per heavy atom. The quantitative estimate of drug-likeness (QED) is 0.935. The first-order valence-corrected chi connectivity index (χ1v) is 7.52. The van der Waals surface area contributed by atoms with Crippen molar-refractivity contribution in [3.8, 4) is 0 Å². The number of amides is 2. The Labute approximate surface area is 126 Å². The number of nitrogens with zero attached hydrogens (tertiary/aromatic N) is 2. The van der Waals surface area contributed by atoms with Gasteiger partial charge in [0.2, 0.25) is 5.91 Å². The van der Waals surface area contributed by atoms with Crippen LogP contribution in [0.1, 0.15) is 17.4 Å². The lowest BCUT2D eigenvalue weighted by atomic mass is 9.87. The number of benzene rings is 1. The average molecular weight is 301 g/mol. The third kappa shape index (κ3) is 2.31. The highest BCUT2D eigenvalue weighted by atomic mass is 32.1. The fourth-order valence-corrected chi connectivity index (χ4v) is 3.15. The van der Waals surface area contributed by atoms with Gasteiger partial charge in [-0.15, -0.1) is 11.3 Å². The first-order valence-electron chi connectivity index (χ1n) is 6.64. The van der Waals surface area contributed by atoms with Crippen molar-refractivity contribution in [2.75, 3.05) is 6.54 Å². The molecule has 1 aliphatic heterocycles. The van der Waals surface area contributed by atoms with E-state index in [9.17, 15) is 9.59 Å². The maximum Gasteiger partial charge on any atom is 0.250 e. The number of carbonyl (C=O) groups excluding carboxylic acids is 2. The zero-order chi connectivity index (χ0) is 14.9. The number of thiazole rings is 1. The van der Waals surface area contributed by atoms with Crippen LogP contribution in [0.15, 0.2) is 42.0 Å². The Kier molecular flexibility index (Phi) is 3.47. The predicted molar refractivity (Wildman–Crippen MR) is 79.5 cm³/mol. The fourth-order valence-electron chi connectivity index (χ4n) is 2.57. The van der Waals surface area contributed by atoms with Crippen molar-refractivity contribution in [3.05, 3.63) is 52.5 Å². The number of piperazine rings is 1. The molecule has 1 aromatic heterocycles. The summed E-state index contributed by atoms with van der Waals surface area (Å²) in [4.78, 5) is 31.5. The SMILES string of the molecule is CC1(c2ccccc2)C(=O)NCC(=O)N1Cc1cncs1. The Morgan fingerprint density at radius 1 is 1.33 bits per heavy atom. The number of rotatable bonds is 3. The van der Waals surface area contributed by atoms with Gasteiger partial charge in [0.05, 0.1) is 18.6 Å². The minimum atomic E-state index is -0.999. The van der Waals surface area contributed by atoms with Crippen LogP contribution in [0.3, 0.4) is 0 Å². The first kappa shape index (κ1) is 13.8. The van der Waals surface area contributed by atoms with E-state index < -0.39 is 5.54 Å². The number of hydrogen-bond acceptors (Lipinski definition) is 4. The van der Waals surface area contributed by atoms with Crippen molar-refractivity contribution in [3.63, 3.8) is 0 Å². The van der Waals surface area contributed by atoms with Gasteiger partial charge < -0.3 is 10.2 Å². The summed E-state index contributed by atoms with van der Waals surface area (Å²) in [6, 6.07) is 9.38. The van der Waals surface area contributed by atoms with E-state index in [1.165, 1.54) is 11.3 Å². The molecular formula is C15H15N3O2S. The molecule has 6 heteroatoms. The largest absolute Gasteiger partial charge is 0.345 e. The molecule has 1 saturated heterocycles. The van der Waals surface area contributed by atoms with Gasteiger partial charge in [0.1, 0.15) is 5.54 Å². The van der Waals surface area contributed by atoms with Crippen molar-refractivity contribution in [2.45, 2.75) is 19.0 Å². The zero-order valence-corrected chi connectivity index (χ0v) is 12.4. The molecule has 1 aliphatic rings. The maximum absolute atomic E-state index is 12.5. The molecule has 2 aromatic rings. The van der Waals surface area contributed by atoms with Gasteiger partial charge in [-0.3, -0.25) is 14.6 Å². The van der Waals surface area contributed by atoms with E-state index in [4.69, 9.17) is 0 Å². The first-order chi connectivity index (χ1) is 10.1. The molecule has 1 fully saturated rings. The third-order valence-corrected chi connectivity index (χ3v) is 4.58. The van der Waals surface area contributed by atoms with Crippen LogP contribution in [0.25, 0.3) is 0 Å². The van der Waals surface area contributed by atoms with Crippen LogP contribution in [-0.2, 0) is 21.7 Å². The van der Waals surface area contributed by atoms with Crippen LogP contribution in [-0.4, -0.2) is 28.2 Å². The minimum Gasteiger partial charge on any atom is -0.345 e. The van der Waals surface area contributed by atoms with E-state index >= 15 is 0 Å². The summed E-state index contributed by atoms with van der Waals surface area (Å²) in [6.07, 6.45) is 1.73. The van der Waals surface area contributed by atoms with Gasteiger partial charge in [-0.25, -0.2) is 0 Å². The summed E-state index contributed by atoms with van der Waals surface area (Å²) < 4.78 is 0. The molecule has 1 aromatic carbocycles. The van der Waals surface area contributed by atoms with Gasteiger partial charge in [-0.1, -0.05) is 30.3 Å². The van der Waals surface area contributed by atoms with E-state index in [-0.39, 0.29) is 18.4 Å². The van der Waals surface area contributed by atoms with Crippen molar-refractivity contribution in [2.24, 2.45) is 0 Å². The second-order valence-corrected chi connectivity index (χ2v) is 6.04. The van der Waals surface area contributed by atoms with E-state index in [1.807, 2.05) is 30.3 Å². The number of nitrogens with one attached hydrogen (secondary N) is 1. The highest BCUT2D eigenvalue weighted by molar-refractivity contribution is 7.09. The average Bonchev–Trinajstić information content (AvgIpc) is 3.02. The second kappa shape index (κ2) is 5.29. The summed E-state index contributed by atoms with van der Waals surface area (Å²) >= 11 is 1.48. The lowest BCUT2D eigenvalue weighted by Gasteiger charge is -2.43.